The Morgan fingerprint density at radius 3 is 2.63 bits per heavy atom. The Bertz CT molecular complexity index is 268. The molecule has 1 unspecified atom stereocenters. The summed E-state index contributed by atoms with van der Waals surface area (Å²) in [5.41, 5.74) is -0.253. The van der Waals surface area contributed by atoms with E-state index in [1.807, 2.05) is 25.7 Å². The molecule has 1 atom stereocenters. The van der Waals surface area contributed by atoms with Gasteiger partial charge in [0.1, 0.15) is 6.61 Å². The molecule has 1 N–H and O–H groups in total. The molecule has 1 saturated heterocycles. The van der Waals surface area contributed by atoms with Crippen LogP contribution < -0.4 is 5.32 Å². The van der Waals surface area contributed by atoms with Crippen LogP contribution in [0, 0.1) is 0 Å². The van der Waals surface area contributed by atoms with Gasteiger partial charge in [-0.25, -0.2) is 0 Å². The summed E-state index contributed by atoms with van der Waals surface area (Å²) in [6.45, 7) is 11.0. The van der Waals surface area contributed by atoms with Crippen molar-refractivity contribution < 1.29 is 9.53 Å². The van der Waals surface area contributed by atoms with E-state index in [2.05, 4.69) is 12.2 Å². The largest absolute Gasteiger partial charge is 0.366 e. The third kappa shape index (κ3) is 6.92. The maximum absolute atomic E-state index is 12.2. The van der Waals surface area contributed by atoms with Crippen molar-refractivity contribution in [2.75, 3.05) is 26.2 Å². The monoisotopic (exact) mass is 270 g/mol. The van der Waals surface area contributed by atoms with Gasteiger partial charge >= 0.3 is 0 Å². The number of nitrogens with zero attached hydrogens (tertiary/aromatic N) is 1. The van der Waals surface area contributed by atoms with Crippen molar-refractivity contribution >= 4 is 5.91 Å². The Hall–Kier alpha value is -0.610. The molecule has 0 aromatic heterocycles. The minimum atomic E-state index is -0.253. The zero-order valence-corrected chi connectivity index (χ0v) is 13.0. The standard InChI is InChI=1S/C15H30N2O2/c1-5-10-17(11-13-8-6-7-9-16-13)14(18)12-19-15(2,3)4/h13,16H,5-12H2,1-4H3. The second kappa shape index (κ2) is 7.85. The molecule has 1 aliphatic rings. The lowest BCUT2D eigenvalue weighted by atomic mass is 10.0. The highest BCUT2D eigenvalue weighted by atomic mass is 16.5. The minimum Gasteiger partial charge on any atom is -0.366 e. The van der Waals surface area contributed by atoms with Gasteiger partial charge in [0.2, 0.25) is 5.91 Å². The second-order valence-electron chi connectivity index (χ2n) is 6.39. The number of hydrogen-bond donors (Lipinski definition) is 1. The minimum absolute atomic E-state index is 0.115. The first-order valence-corrected chi connectivity index (χ1v) is 7.57. The summed E-state index contributed by atoms with van der Waals surface area (Å²) < 4.78 is 5.60. The Balaban J connectivity index is 2.43. The van der Waals surface area contributed by atoms with E-state index < -0.39 is 0 Å². The number of piperidine rings is 1. The summed E-state index contributed by atoms with van der Waals surface area (Å²) in [6, 6.07) is 0.457. The molecule has 1 aliphatic heterocycles. The predicted molar refractivity (Wildman–Crippen MR) is 78.2 cm³/mol. The Morgan fingerprint density at radius 1 is 1.37 bits per heavy atom. The first-order chi connectivity index (χ1) is 8.92. The van der Waals surface area contributed by atoms with E-state index in [1.54, 1.807) is 0 Å². The van der Waals surface area contributed by atoms with E-state index in [1.165, 1.54) is 19.3 Å². The van der Waals surface area contributed by atoms with Gasteiger partial charge in [-0.1, -0.05) is 13.3 Å². The topological polar surface area (TPSA) is 41.6 Å². The van der Waals surface area contributed by atoms with Crippen LogP contribution in [0.5, 0.6) is 0 Å². The van der Waals surface area contributed by atoms with Crippen molar-refractivity contribution in [3.63, 3.8) is 0 Å². The van der Waals surface area contributed by atoms with Crippen molar-refractivity contribution in [2.45, 2.75) is 65.0 Å². The third-order valence-electron chi connectivity index (χ3n) is 3.33. The number of rotatable bonds is 6. The van der Waals surface area contributed by atoms with Gasteiger partial charge in [0, 0.05) is 19.1 Å². The van der Waals surface area contributed by atoms with Gasteiger partial charge in [0.15, 0.2) is 0 Å². The molecule has 1 heterocycles. The number of carbonyl (C=O) groups excluding carboxylic acids is 1. The van der Waals surface area contributed by atoms with Gasteiger partial charge in [-0.05, 0) is 46.6 Å². The molecule has 0 spiro atoms. The maximum Gasteiger partial charge on any atom is 0.248 e. The zero-order valence-electron chi connectivity index (χ0n) is 13.0. The van der Waals surface area contributed by atoms with Crippen molar-refractivity contribution in [3.05, 3.63) is 0 Å². The molecule has 112 valence electrons. The number of ether oxygens (including phenoxy) is 1. The van der Waals surface area contributed by atoms with Gasteiger partial charge in [-0.3, -0.25) is 4.79 Å². The van der Waals surface area contributed by atoms with Crippen LogP contribution in [0.3, 0.4) is 0 Å². The molecule has 4 nitrogen and oxygen atoms in total. The molecule has 0 aliphatic carbocycles. The van der Waals surface area contributed by atoms with Crippen LogP contribution in [0.4, 0.5) is 0 Å². The Labute approximate surface area is 117 Å². The fraction of sp³-hybridized carbons (Fsp3) is 0.933. The van der Waals surface area contributed by atoms with Crippen molar-refractivity contribution in [1.29, 1.82) is 0 Å². The fourth-order valence-electron chi connectivity index (χ4n) is 2.30. The van der Waals surface area contributed by atoms with E-state index in [9.17, 15) is 4.79 Å². The molecule has 19 heavy (non-hydrogen) atoms. The lowest BCUT2D eigenvalue weighted by Crippen LogP contribution is -2.47. The number of nitrogens with one attached hydrogen (secondary N) is 1. The Kier molecular flexibility index (Phi) is 6.80. The Morgan fingerprint density at radius 2 is 2.11 bits per heavy atom. The van der Waals surface area contributed by atoms with E-state index in [0.717, 1.165) is 26.1 Å². The lowest BCUT2D eigenvalue weighted by molar-refractivity contribution is -0.141. The third-order valence-corrected chi connectivity index (χ3v) is 3.33. The van der Waals surface area contributed by atoms with Crippen molar-refractivity contribution in [2.24, 2.45) is 0 Å². The van der Waals surface area contributed by atoms with Crippen molar-refractivity contribution in [3.8, 4) is 0 Å². The van der Waals surface area contributed by atoms with Gasteiger partial charge in [0.25, 0.3) is 0 Å². The van der Waals surface area contributed by atoms with Crippen molar-refractivity contribution in [1.82, 2.24) is 10.2 Å². The molecular weight excluding hydrogens is 240 g/mol. The van der Waals surface area contributed by atoms with Crippen LogP contribution in [0.2, 0.25) is 0 Å². The molecule has 1 rings (SSSR count). The number of carbonyl (C=O) groups is 1. The van der Waals surface area contributed by atoms with Crippen LogP contribution >= 0.6 is 0 Å². The SMILES string of the molecule is CCCN(CC1CCCCN1)C(=O)COC(C)(C)C. The van der Waals surface area contributed by atoms with Gasteiger partial charge in [-0.2, -0.15) is 0 Å². The molecule has 0 aromatic rings. The average molecular weight is 270 g/mol. The van der Waals surface area contributed by atoms with Gasteiger partial charge in [-0.15, -0.1) is 0 Å². The highest BCUT2D eigenvalue weighted by Crippen LogP contribution is 2.11. The van der Waals surface area contributed by atoms with E-state index in [-0.39, 0.29) is 18.1 Å². The fourth-order valence-corrected chi connectivity index (χ4v) is 2.30. The number of hydrogen-bond acceptors (Lipinski definition) is 3. The molecular formula is C15H30N2O2. The summed E-state index contributed by atoms with van der Waals surface area (Å²) in [5, 5.41) is 3.50. The molecule has 0 bridgehead atoms. The van der Waals surface area contributed by atoms with E-state index in [4.69, 9.17) is 4.74 Å². The summed E-state index contributed by atoms with van der Waals surface area (Å²) in [5.74, 6) is 0.115. The second-order valence-corrected chi connectivity index (χ2v) is 6.39. The van der Waals surface area contributed by atoms with Crippen LogP contribution in [-0.4, -0.2) is 48.7 Å². The summed E-state index contributed by atoms with van der Waals surface area (Å²) in [6.07, 6.45) is 4.69. The molecule has 1 amide bonds. The summed E-state index contributed by atoms with van der Waals surface area (Å²) in [7, 11) is 0. The van der Waals surface area contributed by atoms with Crippen LogP contribution in [-0.2, 0) is 9.53 Å². The quantitative estimate of drug-likeness (QED) is 0.804. The predicted octanol–water partition coefficient (Wildman–Crippen LogP) is 2.18. The molecule has 0 radical (unpaired) electrons. The zero-order chi connectivity index (χ0) is 14.3. The molecule has 0 aromatic carbocycles. The molecule has 1 fully saturated rings. The van der Waals surface area contributed by atoms with E-state index >= 15 is 0 Å². The average Bonchev–Trinajstić information content (AvgIpc) is 2.36. The van der Waals surface area contributed by atoms with Crippen LogP contribution in [0.1, 0.15) is 53.4 Å². The van der Waals surface area contributed by atoms with Crippen LogP contribution in [0.15, 0.2) is 0 Å². The number of amides is 1. The summed E-state index contributed by atoms with van der Waals surface area (Å²) in [4.78, 5) is 14.2. The maximum atomic E-state index is 12.2. The highest BCUT2D eigenvalue weighted by molar-refractivity contribution is 5.77. The van der Waals surface area contributed by atoms with Gasteiger partial charge < -0.3 is 15.0 Å². The summed E-state index contributed by atoms with van der Waals surface area (Å²) >= 11 is 0. The molecule has 4 heteroatoms. The first kappa shape index (κ1) is 16.4. The first-order valence-electron chi connectivity index (χ1n) is 7.57. The van der Waals surface area contributed by atoms with Gasteiger partial charge in [0.05, 0.1) is 5.60 Å². The van der Waals surface area contributed by atoms with Crippen LogP contribution in [0.25, 0.3) is 0 Å². The highest BCUT2D eigenvalue weighted by Gasteiger charge is 2.21. The van der Waals surface area contributed by atoms with E-state index in [0.29, 0.717) is 6.04 Å². The smallest absolute Gasteiger partial charge is 0.248 e. The normalized spacial score (nSPS) is 20.3. The lowest BCUT2D eigenvalue weighted by Gasteiger charge is -2.31. The molecule has 0 saturated carbocycles.